The molecule has 2 aromatic carbocycles. The number of benzene rings is 2. The fourth-order valence-corrected chi connectivity index (χ4v) is 3.40. The van der Waals surface area contributed by atoms with Gasteiger partial charge in [-0.05, 0) is 61.7 Å². The first-order valence-corrected chi connectivity index (χ1v) is 9.51. The van der Waals surface area contributed by atoms with E-state index in [9.17, 15) is 9.59 Å². The molecular weight excluding hydrogens is 362 g/mol. The number of nitrogens with one attached hydrogen (secondary N) is 1. The molecule has 2 amide bonds. The molecule has 0 aliphatic carbocycles. The number of carbonyl (C=O) groups excluding carboxylic acids is 2. The van der Waals surface area contributed by atoms with Crippen LogP contribution in [0, 0.1) is 6.92 Å². The molecule has 1 N–H and O–H groups in total. The summed E-state index contributed by atoms with van der Waals surface area (Å²) in [5.74, 6) is -0.449. The lowest BCUT2D eigenvalue weighted by Crippen LogP contribution is -2.36. The number of hydrogen-bond donors (Lipinski definition) is 1. The number of carbonyl (C=O) groups is 2. The molecule has 1 fully saturated rings. The van der Waals surface area contributed by atoms with Gasteiger partial charge in [-0.25, -0.2) is 0 Å². The normalized spacial score (nSPS) is 13.5. The van der Waals surface area contributed by atoms with Gasteiger partial charge in [-0.3, -0.25) is 9.59 Å². The Morgan fingerprint density at radius 2 is 1.78 bits per heavy atom. The van der Waals surface area contributed by atoms with Gasteiger partial charge in [-0.15, -0.1) is 0 Å². The second-order valence-electron chi connectivity index (χ2n) is 6.83. The molecule has 1 saturated heterocycles. The monoisotopic (exact) mass is 385 g/mol. The molecule has 0 spiro atoms. The molecule has 6 heteroatoms. The summed E-state index contributed by atoms with van der Waals surface area (Å²) in [6.45, 7) is 5.44. The van der Waals surface area contributed by atoms with Crippen LogP contribution in [-0.4, -0.2) is 31.4 Å². The molecule has 27 heavy (non-hydrogen) atoms. The fourth-order valence-electron chi connectivity index (χ4n) is 3.22. The van der Waals surface area contributed by atoms with Crippen molar-refractivity contribution < 1.29 is 9.59 Å². The Labute approximate surface area is 164 Å². The van der Waals surface area contributed by atoms with Gasteiger partial charge in [0.05, 0.1) is 0 Å². The third-order valence-corrected chi connectivity index (χ3v) is 5.18. The topological polar surface area (TPSA) is 52.7 Å². The third-order valence-electron chi connectivity index (χ3n) is 4.77. The summed E-state index contributed by atoms with van der Waals surface area (Å²) >= 11 is 6.10. The first-order chi connectivity index (χ1) is 12.9. The van der Waals surface area contributed by atoms with E-state index in [1.165, 1.54) is 24.7 Å². The number of hydrogen-bond acceptors (Lipinski definition) is 3. The smallest absolute Gasteiger partial charge is 0.244 e. The summed E-state index contributed by atoms with van der Waals surface area (Å²) in [4.78, 5) is 28.3. The van der Waals surface area contributed by atoms with E-state index in [4.69, 9.17) is 11.6 Å². The van der Waals surface area contributed by atoms with Crippen LogP contribution >= 0.6 is 11.6 Å². The highest BCUT2D eigenvalue weighted by atomic mass is 35.5. The molecule has 142 valence electrons. The van der Waals surface area contributed by atoms with Crippen molar-refractivity contribution in [3.8, 4) is 0 Å². The highest BCUT2D eigenvalue weighted by molar-refractivity contribution is 6.31. The van der Waals surface area contributed by atoms with Crippen molar-refractivity contribution in [3.63, 3.8) is 0 Å². The summed E-state index contributed by atoms with van der Waals surface area (Å²) in [5.41, 5.74) is 3.42. The first-order valence-electron chi connectivity index (χ1n) is 9.13. The highest BCUT2D eigenvalue weighted by Gasteiger charge is 2.17. The van der Waals surface area contributed by atoms with Crippen LogP contribution in [0.3, 0.4) is 0 Å². The molecule has 0 aromatic heterocycles. The molecular formula is C21H24ClN3O2. The first kappa shape index (κ1) is 19.2. The summed E-state index contributed by atoms with van der Waals surface area (Å²) < 4.78 is 0. The molecule has 3 rings (SSSR count). The predicted octanol–water partition coefficient (Wildman–Crippen LogP) is 4.24. The molecule has 1 aliphatic heterocycles. The van der Waals surface area contributed by atoms with Crippen LogP contribution in [0.4, 0.5) is 17.1 Å². The minimum Gasteiger partial charge on any atom is -0.372 e. The van der Waals surface area contributed by atoms with E-state index >= 15 is 0 Å². The maximum Gasteiger partial charge on any atom is 0.244 e. The molecule has 2 aromatic rings. The van der Waals surface area contributed by atoms with E-state index in [1.807, 2.05) is 37.3 Å². The number of halogens is 1. The zero-order valence-corrected chi connectivity index (χ0v) is 16.4. The van der Waals surface area contributed by atoms with Crippen molar-refractivity contribution in [2.75, 3.05) is 34.8 Å². The van der Waals surface area contributed by atoms with Crippen LogP contribution in [0.15, 0.2) is 42.5 Å². The zero-order valence-electron chi connectivity index (χ0n) is 15.7. The van der Waals surface area contributed by atoms with Crippen molar-refractivity contribution >= 4 is 40.5 Å². The molecule has 5 nitrogen and oxygen atoms in total. The predicted molar refractivity (Wildman–Crippen MR) is 111 cm³/mol. The molecule has 0 bridgehead atoms. The van der Waals surface area contributed by atoms with E-state index < -0.39 is 0 Å². The van der Waals surface area contributed by atoms with Crippen molar-refractivity contribution in [2.45, 2.75) is 26.7 Å². The summed E-state index contributed by atoms with van der Waals surface area (Å²) in [6.07, 6.45) is 2.43. The maximum atomic E-state index is 12.4. The van der Waals surface area contributed by atoms with E-state index in [-0.39, 0.29) is 18.4 Å². The van der Waals surface area contributed by atoms with Crippen LogP contribution in [0.25, 0.3) is 0 Å². The van der Waals surface area contributed by atoms with Crippen molar-refractivity contribution in [1.29, 1.82) is 0 Å². The lowest BCUT2D eigenvalue weighted by molar-refractivity contribution is -0.120. The Balaban J connectivity index is 1.68. The quantitative estimate of drug-likeness (QED) is 0.837. The average molecular weight is 386 g/mol. The van der Waals surface area contributed by atoms with Gasteiger partial charge in [0.25, 0.3) is 0 Å². The Kier molecular flexibility index (Phi) is 6.01. The Morgan fingerprint density at radius 3 is 2.37 bits per heavy atom. The molecule has 0 saturated carbocycles. The van der Waals surface area contributed by atoms with Gasteiger partial charge >= 0.3 is 0 Å². The number of aryl methyl sites for hydroxylation is 1. The molecule has 0 unspecified atom stereocenters. The minimum atomic E-state index is -0.270. The Morgan fingerprint density at radius 1 is 1.11 bits per heavy atom. The molecule has 0 atom stereocenters. The third kappa shape index (κ3) is 4.80. The number of rotatable bonds is 5. The van der Waals surface area contributed by atoms with Gasteiger partial charge in [-0.1, -0.05) is 17.7 Å². The zero-order chi connectivity index (χ0) is 19.4. The molecule has 0 radical (unpaired) electrons. The van der Waals surface area contributed by atoms with E-state index in [0.717, 1.165) is 24.3 Å². The van der Waals surface area contributed by atoms with Crippen molar-refractivity contribution in [2.24, 2.45) is 0 Å². The van der Waals surface area contributed by atoms with Crippen molar-refractivity contribution in [3.05, 3.63) is 53.1 Å². The SMILES string of the molecule is CC(=O)N(CC(=O)Nc1ccc(C)c(Cl)c1)c1ccc(N2CCCC2)cc1. The second kappa shape index (κ2) is 8.44. The van der Waals surface area contributed by atoms with E-state index in [0.29, 0.717) is 16.4 Å². The van der Waals surface area contributed by atoms with Crippen LogP contribution in [0.1, 0.15) is 25.3 Å². The molecule has 1 aliphatic rings. The van der Waals surface area contributed by atoms with Crippen LogP contribution in [-0.2, 0) is 9.59 Å². The van der Waals surface area contributed by atoms with Gasteiger partial charge in [0.1, 0.15) is 6.54 Å². The standard InChI is InChI=1S/C21H24ClN3O2/c1-15-5-6-17(13-20(15)22)23-21(27)14-25(16(2)26)19-9-7-18(8-10-19)24-11-3-4-12-24/h5-10,13H,3-4,11-12,14H2,1-2H3,(H,23,27). The maximum absolute atomic E-state index is 12.4. The number of anilines is 3. The lowest BCUT2D eigenvalue weighted by Gasteiger charge is -2.23. The number of amides is 2. The highest BCUT2D eigenvalue weighted by Crippen LogP contribution is 2.24. The Bertz CT molecular complexity index is 830. The van der Waals surface area contributed by atoms with Gasteiger partial charge < -0.3 is 15.1 Å². The minimum absolute atomic E-state index is 0.0517. The summed E-state index contributed by atoms with van der Waals surface area (Å²) in [6, 6.07) is 13.1. The van der Waals surface area contributed by atoms with Crippen LogP contribution < -0.4 is 15.1 Å². The van der Waals surface area contributed by atoms with Crippen LogP contribution in [0.5, 0.6) is 0 Å². The van der Waals surface area contributed by atoms with E-state index in [2.05, 4.69) is 10.2 Å². The summed E-state index contributed by atoms with van der Waals surface area (Å²) in [7, 11) is 0. The second-order valence-corrected chi connectivity index (χ2v) is 7.24. The summed E-state index contributed by atoms with van der Waals surface area (Å²) in [5, 5.41) is 3.39. The average Bonchev–Trinajstić information content (AvgIpc) is 3.17. The largest absolute Gasteiger partial charge is 0.372 e. The van der Waals surface area contributed by atoms with E-state index in [1.54, 1.807) is 12.1 Å². The fraction of sp³-hybridized carbons (Fsp3) is 0.333. The lowest BCUT2D eigenvalue weighted by atomic mass is 10.2. The van der Waals surface area contributed by atoms with Gasteiger partial charge in [0.2, 0.25) is 11.8 Å². The van der Waals surface area contributed by atoms with Gasteiger partial charge in [-0.2, -0.15) is 0 Å². The van der Waals surface area contributed by atoms with Crippen molar-refractivity contribution in [1.82, 2.24) is 0 Å². The van der Waals surface area contributed by atoms with Crippen LogP contribution in [0.2, 0.25) is 5.02 Å². The van der Waals surface area contributed by atoms with Gasteiger partial charge in [0.15, 0.2) is 0 Å². The Hall–Kier alpha value is -2.53. The molecule has 1 heterocycles. The van der Waals surface area contributed by atoms with Gasteiger partial charge in [0, 0.05) is 42.1 Å². The number of nitrogens with zero attached hydrogens (tertiary/aromatic N) is 2.